The molecule has 3 nitrogen and oxygen atoms in total. The molecule has 13 heavy (non-hydrogen) atoms. The minimum Gasteiger partial charge on any atom is -0.384 e. The molecule has 1 N–H and O–H groups in total. The van der Waals surface area contributed by atoms with Crippen LogP contribution in [0.15, 0.2) is 0 Å². The molecule has 4 heteroatoms. The van der Waals surface area contributed by atoms with Gasteiger partial charge in [-0.05, 0) is 20.4 Å². The minimum absolute atomic E-state index is 0.190. The van der Waals surface area contributed by atoms with Gasteiger partial charge in [0.05, 0.1) is 6.61 Å². The highest BCUT2D eigenvalue weighted by molar-refractivity contribution is 7.85. The maximum absolute atomic E-state index is 11.6. The highest BCUT2D eigenvalue weighted by Gasteiger charge is 2.17. The number of methoxy groups -OCH3 is 1. The van der Waals surface area contributed by atoms with E-state index >= 15 is 0 Å². The summed E-state index contributed by atoms with van der Waals surface area (Å²) in [4.78, 5) is 0. The van der Waals surface area contributed by atoms with Gasteiger partial charge >= 0.3 is 0 Å². The summed E-state index contributed by atoms with van der Waals surface area (Å²) in [5, 5.41) is 3.46. The van der Waals surface area contributed by atoms with Crippen molar-refractivity contribution in [2.75, 3.05) is 26.0 Å². The molecule has 0 aliphatic rings. The third-order valence-electron chi connectivity index (χ3n) is 2.13. The third kappa shape index (κ3) is 5.39. The van der Waals surface area contributed by atoms with Gasteiger partial charge < -0.3 is 10.1 Å². The maximum Gasteiger partial charge on any atom is 0.0577 e. The summed E-state index contributed by atoms with van der Waals surface area (Å²) in [5.41, 5.74) is 0. The van der Waals surface area contributed by atoms with Crippen molar-refractivity contribution in [3.8, 4) is 0 Å². The molecule has 0 fully saturated rings. The smallest absolute Gasteiger partial charge is 0.0577 e. The zero-order chi connectivity index (χ0) is 10.3. The van der Waals surface area contributed by atoms with E-state index in [4.69, 9.17) is 4.74 Å². The fourth-order valence-corrected chi connectivity index (χ4v) is 2.32. The first kappa shape index (κ1) is 13.1. The molecule has 0 bridgehead atoms. The predicted octanol–water partition coefficient (Wildman–Crippen LogP) is 0.768. The lowest BCUT2D eigenvalue weighted by molar-refractivity contribution is 0.217. The van der Waals surface area contributed by atoms with E-state index in [1.54, 1.807) is 7.11 Å². The van der Waals surface area contributed by atoms with Crippen molar-refractivity contribution in [1.29, 1.82) is 0 Å². The molecule has 0 aromatic rings. The van der Waals surface area contributed by atoms with Gasteiger partial charge in [-0.3, -0.25) is 4.21 Å². The second-order valence-electron chi connectivity index (χ2n) is 3.13. The Hall–Kier alpha value is 0.0700. The minimum atomic E-state index is -0.784. The van der Waals surface area contributed by atoms with E-state index in [0.29, 0.717) is 18.4 Å². The molecule has 80 valence electrons. The normalized spacial score (nSPS) is 18.2. The van der Waals surface area contributed by atoms with Crippen molar-refractivity contribution in [3.63, 3.8) is 0 Å². The van der Waals surface area contributed by atoms with Gasteiger partial charge in [-0.15, -0.1) is 0 Å². The Balaban J connectivity index is 3.79. The second kappa shape index (κ2) is 7.47. The fourth-order valence-electron chi connectivity index (χ4n) is 1.07. The average Bonchev–Trinajstić information content (AvgIpc) is 2.13. The zero-order valence-electron chi connectivity index (χ0n) is 9.00. The number of hydrogen-bond acceptors (Lipinski definition) is 3. The summed E-state index contributed by atoms with van der Waals surface area (Å²) in [6.45, 7) is 7.64. The highest BCUT2D eigenvalue weighted by atomic mass is 32.2. The van der Waals surface area contributed by atoms with Crippen LogP contribution in [-0.4, -0.2) is 41.5 Å². The molecule has 0 heterocycles. The second-order valence-corrected chi connectivity index (χ2v) is 5.04. The first-order valence-electron chi connectivity index (χ1n) is 4.73. The standard InChI is InChI=1S/C9H21NO2S/c1-5-10-8(2)9(3)13(11)7-6-12-4/h8-10H,5-7H2,1-4H3. The summed E-state index contributed by atoms with van der Waals surface area (Å²) in [6, 6.07) is 0.308. The van der Waals surface area contributed by atoms with Crippen LogP contribution in [0.2, 0.25) is 0 Å². The van der Waals surface area contributed by atoms with E-state index in [2.05, 4.69) is 19.2 Å². The lowest BCUT2D eigenvalue weighted by atomic mass is 10.2. The van der Waals surface area contributed by atoms with Crippen molar-refractivity contribution in [2.45, 2.75) is 32.1 Å². The molecule has 0 aliphatic carbocycles. The monoisotopic (exact) mass is 207 g/mol. The van der Waals surface area contributed by atoms with Gasteiger partial charge in [0.2, 0.25) is 0 Å². The van der Waals surface area contributed by atoms with E-state index in [1.807, 2.05) is 6.92 Å². The SMILES string of the molecule is CCNC(C)C(C)S(=O)CCOC. The summed E-state index contributed by atoms with van der Waals surface area (Å²) in [5.74, 6) is 0.632. The van der Waals surface area contributed by atoms with Crippen LogP contribution in [0.5, 0.6) is 0 Å². The molecule has 0 saturated carbocycles. The number of nitrogens with one attached hydrogen (secondary N) is 1. The lowest BCUT2D eigenvalue weighted by Gasteiger charge is -2.19. The summed E-state index contributed by atoms with van der Waals surface area (Å²) in [6.07, 6.45) is 0. The van der Waals surface area contributed by atoms with E-state index in [1.165, 1.54) is 0 Å². The first-order valence-corrected chi connectivity index (χ1v) is 6.11. The molecule has 3 unspecified atom stereocenters. The Labute approximate surface area is 83.7 Å². The van der Waals surface area contributed by atoms with E-state index in [9.17, 15) is 4.21 Å². The Morgan fingerprint density at radius 1 is 1.46 bits per heavy atom. The Kier molecular flexibility index (Phi) is 7.51. The van der Waals surface area contributed by atoms with Crippen LogP contribution in [0.4, 0.5) is 0 Å². The lowest BCUT2D eigenvalue weighted by Crippen LogP contribution is -2.39. The fraction of sp³-hybridized carbons (Fsp3) is 1.00. The van der Waals surface area contributed by atoms with Gasteiger partial charge in [0.25, 0.3) is 0 Å². The quantitative estimate of drug-likeness (QED) is 0.670. The number of ether oxygens (including phenoxy) is 1. The van der Waals surface area contributed by atoms with Gasteiger partial charge in [0, 0.05) is 35.0 Å². The molecule has 0 rings (SSSR count). The van der Waals surface area contributed by atoms with Crippen molar-refractivity contribution < 1.29 is 8.95 Å². The Bertz CT molecular complexity index is 153. The largest absolute Gasteiger partial charge is 0.384 e. The molecule has 0 spiro atoms. The van der Waals surface area contributed by atoms with Gasteiger partial charge in [-0.1, -0.05) is 6.92 Å². The Morgan fingerprint density at radius 3 is 2.54 bits per heavy atom. The maximum atomic E-state index is 11.6. The van der Waals surface area contributed by atoms with Crippen LogP contribution >= 0.6 is 0 Å². The van der Waals surface area contributed by atoms with Crippen molar-refractivity contribution in [3.05, 3.63) is 0 Å². The van der Waals surface area contributed by atoms with Gasteiger partial charge in [0.15, 0.2) is 0 Å². The summed E-state index contributed by atoms with van der Waals surface area (Å²) >= 11 is 0. The molecular formula is C9H21NO2S. The van der Waals surface area contributed by atoms with Gasteiger partial charge in [0.1, 0.15) is 0 Å². The van der Waals surface area contributed by atoms with E-state index in [-0.39, 0.29) is 5.25 Å². The third-order valence-corrected chi connectivity index (χ3v) is 3.94. The molecule has 0 aromatic heterocycles. The summed E-state index contributed by atoms with van der Waals surface area (Å²) in [7, 11) is 0.851. The number of hydrogen-bond donors (Lipinski definition) is 1. The molecule has 0 radical (unpaired) electrons. The van der Waals surface area contributed by atoms with Crippen LogP contribution in [0, 0.1) is 0 Å². The molecule has 0 saturated heterocycles. The van der Waals surface area contributed by atoms with E-state index < -0.39 is 10.8 Å². The van der Waals surface area contributed by atoms with Crippen LogP contribution < -0.4 is 5.32 Å². The predicted molar refractivity (Wildman–Crippen MR) is 57.5 cm³/mol. The van der Waals surface area contributed by atoms with E-state index in [0.717, 1.165) is 6.54 Å². The van der Waals surface area contributed by atoms with Crippen molar-refractivity contribution >= 4 is 10.8 Å². The van der Waals surface area contributed by atoms with Crippen molar-refractivity contribution in [1.82, 2.24) is 5.32 Å². The molecule has 0 aliphatic heterocycles. The highest BCUT2D eigenvalue weighted by Crippen LogP contribution is 2.02. The first-order chi connectivity index (χ1) is 6.13. The zero-order valence-corrected chi connectivity index (χ0v) is 9.82. The van der Waals surface area contributed by atoms with Crippen LogP contribution in [0.25, 0.3) is 0 Å². The summed E-state index contributed by atoms with van der Waals surface area (Å²) < 4.78 is 16.5. The van der Waals surface area contributed by atoms with Crippen LogP contribution in [-0.2, 0) is 15.5 Å². The average molecular weight is 207 g/mol. The van der Waals surface area contributed by atoms with Crippen LogP contribution in [0.1, 0.15) is 20.8 Å². The topological polar surface area (TPSA) is 38.3 Å². The van der Waals surface area contributed by atoms with Gasteiger partial charge in [-0.2, -0.15) is 0 Å². The number of rotatable bonds is 7. The molecule has 0 amide bonds. The van der Waals surface area contributed by atoms with Gasteiger partial charge in [-0.25, -0.2) is 0 Å². The molecule has 3 atom stereocenters. The van der Waals surface area contributed by atoms with Crippen LogP contribution in [0.3, 0.4) is 0 Å². The molecule has 0 aromatic carbocycles. The van der Waals surface area contributed by atoms with Crippen molar-refractivity contribution in [2.24, 2.45) is 0 Å². The molecular weight excluding hydrogens is 186 g/mol. The Morgan fingerprint density at radius 2 is 2.08 bits per heavy atom.